The summed E-state index contributed by atoms with van der Waals surface area (Å²) >= 11 is 5.79. The fraction of sp³-hybridized carbons (Fsp3) is 0.333. The van der Waals surface area contributed by atoms with Crippen molar-refractivity contribution < 1.29 is 14.3 Å². The number of rotatable bonds is 4. The maximum absolute atomic E-state index is 11.7. The molecule has 0 radical (unpaired) electrons. The Morgan fingerprint density at radius 3 is 2.88 bits per heavy atom. The van der Waals surface area contributed by atoms with E-state index in [1.807, 2.05) is 6.92 Å². The third kappa shape index (κ3) is 3.70. The molecule has 0 amide bonds. The van der Waals surface area contributed by atoms with Crippen LogP contribution in [0.1, 0.15) is 30.6 Å². The topological polar surface area (TPSA) is 55.7 Å². The summed E-state index contributed by atoms with van der Waals surface area (Å²) in [5.74, 6) is -0.460. The maximum Gasteiger partial charge on any atom is 0.338 e. The second kappa shape index (κ2) is 6.18. The highest BCUT2D eigenvalue weighted by Gasteiger charge is 2.12. The third-order valence-electron chi connectivity index (χ3n) is 2.23. The van der Waals surface area contributed by atoms with Crippen LogP contribution in [-0.2, 0) is 9.53 Å². The highest BCUT2D eigenvalue weighted by Crippen LogP contribution is 2.25. The molecule has 0 fully saturated rings. The quantitative estimate of drug-likeness (QED) is 0.470. The largest absolute Gasteiger partial charge is 0.459 e. The first kappa shape index (κ1) is 13.4. The molecular weight excluding hydrogens is 242 g/mol. The van der Waals surface area contributed by atoms with Gasteiger partial charge in [0.1, 0.15) is 0 Å². The monoisotopic (exact) mass is 253 g/mol. The van der Waals surface area contributed by atoms with Gasteiger partial charge in [-0.25, -0.2) is 9.59 Å². The molecule has 1 aromatic carbocycles. The third-order valence-corrected chi connectivity index (χ3v) is 2.55. The molecule has 1 unspecified atom stereocenters. The zero-order chi connectivity index (χ0) is 12.8. The van der Waals surface area contributed by atoms with Crippen molar-refractivity contribution in [1.82, 2.24) is 0 Å². The van der Waals surface area contributed by atoms with Crippen molar-refractivity contribution in [2.45, 2.75) is 26.4 Å². The predicted octanol–water partition coefficient (Wildman–Crippen LogP) is 3.26. The van der Waals surface area contributed by atoms with Gasteiger partial charge in [0.2, 0.25) is 6.08 Å². The van der Waals surface area contributed by atoms with Gasteiger partial charge in [0.05, 0.1) is 22.4 Å². The molecule has 0 aliphatic rings. The van der Waals surface area contributed by atoms with Gasteiger partial charge in [-0.05, 0) is 31.5 Å². The highest BCUT2D eigenvalue weighted by molar-refractivity contribution is 6.33. The first-order valence-corrected chi connectivity index (χ1v) is 5.54. The van der Waals surface area contributed by atoms with Crippen molar-refractivity contribution in [2.75, 3.05) is 0 Å². The normalized spacial score (nSPS) is 11.5. The number of ether oxygens (including phenoxy) is 1. The Balaban J connectivity index is 2.95. The van der Waals surface area contributed by atoms with Crippen molar-refractivity contribution >= 4 is 29.3 Å². The van der Waals surface area contributed by atoms with E-state index in [2.05, 4.69) is 4.99 Å². The number of benzene rings is 1. The van der Waals surface area contributed by atoms with Crippen LogP contribution in [0, 0.1) is 0 Å². The summed E-state index contributed by atoms with van der Waals surface area (Å²) in [6, 6.07) is 4.42. The summed E-state index contributed by atoms with van der Waals surface area (Å²) in [5.41, 5.74) is 0.518. The van der Waals surface area contributed by atoms with Gasteiger partial charge in [-0.15, -0.1) is 0 Å². The predicted molar refractivity (Wildman–Crippen MR) is 64.4 cm³/mol. The molecule has 0 spiro atoms. The minimum absolute atomic E-state index is 0.156. The molecule has 0 aliphatic carbocycles. The molecule has 1 aromatic rings. The van der Waals surface area contributed by atoms with E-state index in [1.165, 1.54) is 24.3 Å². The van der Waals surface area contributed by atoms with E-state index in [-0.39, 0.29) is 16.8 Å². The molecule has 0 saturated carbocycles. The molecule has 90 valence electrons. The van der Waals surface area contributed by atoms with Gasteiger partial charge in [0.15, 0.2) is 0 Å². The Bertz CT molecular complexity index is 467. The fourth-order valence-electron chi connectivity index (χ4n) is 1.11. The average molecular weight is 254 g/mol. The Labute approximate surface area is 104 Å². The van der Waals surface area contributed by atoms with Crippen LogP contribution < -0.4 is 0 Å². The van der Waals surface area contributed by atoms with E-state index in [0.29, 0.717) is 5.56 Å². The van der Waals surface area contributed by atoms with Crippen LogP contribution in [0.25, 0.3) is 0 Å². The van der Waals surface area contributed by atoms with Crippen molar-refractivity contribution in [1.29, 1.82) is 0 Å². The fourth-order valence-corrected chi connectivity index (χ4v) is 1.27. The van der Waals surface area contributed by atoms with Gasteiger partial charge in [-0.3, -0.25) is 0 Å². The zero-order valence-corrected chi connectivity index (χ0v) is 10.3. The Morgan fingerprint density at radius 1 is 1.59 bits per heavy atom. The van der Waals surface area contributed by atoms with Gasteiger partial charge in [0.25, 0.3) is 0 Å². The molecule has 0 heterocycles. The summed E-state index contributed by atoms with van der Waals surface area (Å²) in [7, 11) is 0. The van der Waals surface area contributed by atoms with E-state index in [1.54, 1.807) is 6.92 Å². The molecule has 17 heavy (non-hydrogen) atoms. The van der Waals surface area contributed by atoms with Gasteiger partial charge >= 0.3 is 5.97 Å². The first-order valence-electron chi connectivity index (χ1n) is 5.17. The SMILES string of the molecule is CCC(C)OC(=O)c1ccc(Cl)c(N=C=O)c1. The van der Waals surface area contributed by atoms with Gasteiger partial charge < -0.3 is 4.74 Å². The molecule has 0 saturated heterocycles. The summed E-state index contributed by atoms with van der Waals surface area (Å²) in [5, 5.41) is 0.286. The van der Waals surface area contributed by atoms with Crippen LogP contribution in [0.5, 0.6) is 0 Å². The van der Waals surface area contributed by atoms with Crippen molar-refractivity contribution in [3.63, 3.8) is 0 Å². The molecule has 0 bridgehead atoms. The number of carbonyl (C=O) groups excluding carboxylic acids is 2. The molecule has 1 rings (SSSR count). The Morgan fingerprint density at radius 2 is 2.29 bits per heavy atom. The lowest BCUT2D eigenvalue weighted by molar-refractivity contribution is 0.0334. The van der Waals surface area contributed by atoms with Gasteiger partial charge in [0, 0.05) is 0 Å². The van der Waals surface area contributed by atoms with E-state index < -0.39 is 5.97 Å². The maximum atomic E-state index is 11.7. The summed E-state index contributed by atoms with van der Waals surface area (Å²) in [4.78, 5) is 25.2. The summed E-state index contributed by atoms with van der Waals surface area (Å²) in [6.45, 7) is 3.72. The number of hydrogen-bond acceptors (Lipinski definition) is 4. The van der Waals surface area contributed by atoms with Crippen LogP contribution in [0.15, 0.2) is 23.2 Å². The number of isocyanates is 1. The van der Waals surface area contributed by atoms with Gasteiger partial charge in [-0.2, -0.15) is 4.99 Å². The number of hydrogen-bond donors (Lipinski definition) is 0. The van der Waals surface area contributed by atoms with Crippen molar-refractivity contribution in [3.05, 3.63) is 28.8 Å². The highest BCUT2D eigenvalue weighted by atomic mass is 35.5. The molecule has 4 nitrogen and oxygen atoms in total. The number of aliphatic imine (C=N–C) groups is 1. The molecule has 0 aliphatic heterocycles. The molecule has 1 atom stereocenters. The molecule has 0 N–H and O–H groups in total. The minimum atomic E-state index is -0.460. The Hall–Kier alpha value is -1.64. The lowest BCUT2D eigenvalue weighted by atomic mass is 10.2. The van der Waals surface area contributed by atoms with Crippen LogP contribution in [0.2, 0.25) is 5.02 Å². The number of halogens is 1. The number of carbonyl (C=O) groups is 1. The molecule has 5 heteroatoms. The minimum Gasteiger partial charge on any atom is -0.459 e. The lowest BCUT2D eigenvalue weighted by Crippen LogP contribution is -2.13. The number of esters is 1. The zero-order valence-electron chi connectivity index (χ0n) is 9.57. The Kier molecular flexibility index (Phi) is 4.88. The summed E-state index contributed by atoms with van der Waals surface area (Å²) < 4.78 is 5.14. The van der Waals surface area contributed by atoms with Crippen LogP contribution >= 0.6 is 11.6 Å². The van der Waals surface area contributed by atoms with Crippen molar-refractivity contribution in [2.24, 2.45) is 4.99 Å². The van der Waals surface area contributed by atoms with E-state index in [9.17, 15) is 9.59 Å². The standard InChI is InChI=1S/C12H12ClNO3/c1-3-8(2)17-12(16)9-4-5-10(13)11(6-9)14-7-15/h4-6,8H,3H2,1-2H3. The lowest BCUT2D eigenvalue weighted by Gasteiger charge is -2.10. The van der Waals surface area contributed by atoms with E-state index in [4.69, 9.17) is 16.3 Å². The first-order chi connectivity index (χ1) is 8.08. The van der Waals surface area contributed by atoms with E-state index in [0.717, 1.165) is 6.42 Å². The van der Waals surface area contributed by atoms with Crippen LogP contribution in [0.3, 0.4) is 0 Å². The van der Waals surface area contributed by atoms with Crippen molar-refractivity contribution in [3.8, 4) is 0 Å². The smallest absolute Gasteiger partial charge is 0.338 e. The second-order valence-corrected chi connectivity index (χ2v) is 3.90. The van der Waals surface area contributed by atoms with E-state index >= 15 is 0 Å². The molecular formula is C12H12ClNO3. The summed E-state index contributed by atoms with van der Waals surface area (Å²) in [6.07, 6.45) is 1.96. The van der Waals surface area contributed by atoms with Crippen LogP contribution in [-0.4, -0.2) is 18.2 Å². The average Bonchev–Trinajstić information content (AvgIpc) is 2.32. The second-order valence-electron chi connectivity index (χ2n) is 3.49. The van der Waals surface area contributed by atoms with Gasteiger partial charge in [-0.1, -0.05) is 18.5 Å². The molecule has 0 aromatic heterocycles. The van der Waals surface area contributed by atoms with Crippen LogP contribution in [0.4, 0.5) is 5.69 Å². The number of nitrogens with zero attached hydrogens (tertiary/aromatic N) is 1.